The number of carbonyl (C=O) groups excluding carboxylic acids is 2. The molecule has 188 valence electrons. The van der Waals surface area contributed by atoms with Crippen LogP contribution in [-0.4, -0.2) is 57.9 Å². The zero-order valence-corrected chi connectivity index (χ0v) is 20.9. The Morgan fingerprint density at radius 2 is 1.51 bits per heavy atom. The number of amides is 1. The van der Waals surface area contributed by atoms with Crippen LogP contribution < -0.4 is 10.2 Å². The van der Waals surface area contributed by atoms with Crippen LogP contribution in [0, 0.1) is 5.92 Å². The Bertz CT molecular complexity index is 1150. The summed E-state index contributed by atoms with van der Waals surface area (Å²) in [6.45, 7) is 2.39. The van der Waals surface area contributed by atoms with Crippen molar-refractivity contribution in [3.05, 3.63) is 54.1 Å². The lowest BCUT2D eigenvalue weighted by Gasteiger charge is -2.31. The van der Waals surface area contributed by atoms with Crippen molar-refractivity contribution in [1.29, 1.82) is 0 Å². The number of ether oxygens (including phenoxy) is 1. The molecule has 0 atom stereocenters. The SMILES string of the molecule is COC(=O)c1ccccc1S(=O)(=O)N1CCC(C(=O)Nc2ccccc2N2CCCCCC2)CC1. The van der Waals surface area contributed by atoms with Crippen LogP contribution in [-0.2, 0) is 19.6 Å². The molecule has 35 heavy (non-hydrogen) atoms. The smallest absolute Gasteiger partial charge is 0.339 e. The van der Waals surface area contributed by atoms with Gasteiger partial charge in [0, 0.05) is 32.1 Å². The maximum Gasteiger partial charge on any atom is 0.339 e. The predicted octanol–water partition coefficient (Wildman–Crippen LogP) is 3.89. The van der Waals surface area contributed by atoms with E-state index in [2.05, 4.69) is 16.3 Å². The molecular formula is C26H33N3O5S. The van der Waals surface area contributed by atoms with Crippen LogP contribution >= 0.6 is 0 Å². The Balaban J connectivity index is 1.42. The first kappa shape index (κ1) is 25.2. The summed E-state index contributed by atoms with van der Waals surface area (Å²) < 4.78 is 32.6. The summed E-state index contributed by atoms with van der Waals surface area (Å²) in [5.41, 5.74) is 1.86. The maximum atomic E-state index is 13.3. The Kier molecular flexibility index (Phi) is 8.07. The summed E-state index contributed by atoms with van der Waals surface area (Å²) in [4.78, 5) is 27.5. The summed E-state index contributed by atoms with van der Waals surface area (Å²) in [7, 11) is -2.66. The van der Waals surface area contributed by atoms with E-state index in [-0.39, 0.29) is 35.4 Å². The Morgan fingerprint density at radius 1 is 0.886 bits per heavy atom. The van der Waals surface area contributed by atoms with E-state index in [0.29, 0.717) is 12.8 Å². The van der Waals surface area contributed by atoms with Gasteiger partial charge in [-0.3, -0.25) is 4.79 Å². The topological polar surface area (TPSA) is 96.0 Å². The Morgan fingerprint density at radius 3 is 2.20 bits per heavy atom. The van der Waals surface area contributed by atoms with Crippen LogP contribution in [0.3, 0.4) is 0 Å². The highest BCUT2D eigenvalue weighted by Gasteiger charge is 2.34. The highest BCUT2D eigenvalue weighted by molar-refractivity contribution is 7.89. The minimum absolute atomic E-state index is 0.0139. The van der Waals surface area contributed by atoms with Crippen molar-refractivity contribution in [2.75, 3.05) is 43.5 Å². The van der Waals surface area contributed by atoms with Gasteiger partial charge in [-0.15, -0.1) is 0 Å². The van der Waals surface area contributed by atoms with Gasteiger partial charge in [-0.25, -0.2) is 13.2 Å². The molecule has 2 fully saturated rings. The summed E-state index contributed by atoms with van der Waals surface area (Å²) in [5.74, 6) is -1.06. The van der Waals surface area contributed by atoms with E-state index < -0.39 is 16.0 Å². The predicted molar refractivity (Wildman–Crippen MR) is 135 cm³/mol. The molecule has 2 saturated heterocycles. The average Bonchev–Trinajstić information content (AvgIpc) is 3.18. The fourth-order valence-corrected chi connectivity index (χ4v) is 6.52. The number of para-hydroxylation sites is 2. The molecule has 0 spiro atoms. The van der Waals surface area contributed by atoms with Crippen molar-refractivity contribution in [2.24, 2.45) is 5.92 Å². The van der Waals surface area contributed by atoms with Gasteiger partial charge in [-0.05, 0) is 49.9 Å². The molecule has 0 bridgehead atoms. The second-order valence-corrected chi connectivity index (χ2v) is 11.0. The molecule has 0 aliphatic carbocycles. The molecule has 0 aromatic heterocycles. The number of benzene rings is 2. The second kappa shape index (κ2) is 11.2. The van der Waals surface area contributed by atoms with Crippen LogP contribution in [0.15, 0.2) is 53.4 Å². The number of carbonyl (C=O) groups is 2. The fourth-order valence-electron chi connectivity index (χ4n) is 4.87. The van der Waals surface area contributed by atoms with E-state index in [9.17, 15) is 18.0 Å². The lowest BCUT2D eigenvalue weighted by Crippen LogP contribution is -2.41. The van der Waals surface area contributed by atoms with E-state index in [0.717, 1.165) is 37.3 Å². The van der Waals surface area contributed by atoms with E-state index >= 15 is 0 Å². The van der Waals surface area contributed by atoms with Crippen molar-refractivity contribution >= 4 is 33.3 Å². The van der Waals surface area contributed by atoms with Crippen molar-refractivity contribution in [1.82, 2.24) is 4.31 Å². The largest absolute Gasteiger partial charge is 0.465 e. The Labute approximate surface area is 207 Å². The number of piperidine rings is 1. The molecular weight excluding hydrogens is 466 g/mol. The third kappa shape index (κ3) is 5.67. The van der Waals surface area contributed by atoms with Gasteiger partial charge in [-0.1, -0.05) is 37.1 Å². The molecule has 2 aliphatic rings. The number of esters is 1. The monoisotopic (exact) mass is 499 g/mol. The van der Waals surface area contributed by atoms with Crippen LogP contribution in [0.4, 0.5) is 11.4 Å². The van der Waals surface area contributed by atoms with Gasteiger partial charge in [0.1, 0.15) is 0 Å². The van der Waals surface area contributed by atoms with Gasteiger partial charge in [0.05, 0.1) is 28.9 Å². The summed E-state index contributed by atoms with van der Waals surface area (Å²) >= 11 is 0. The van der Waals surface area contributed by atoms with Crippen LogP contribution in [0.5, 0.6) is 0 Å². The van der Waals surface area contributed by atoms with Gasteiger partial charge < -0.3 is 15.0 Å². The number of nitrogens with zero attached hydrogens (tertiary/aromatic N) is 2. The number of nitrogens with one attached hydrogen (secondary N) is 1. The van der Waals surface area contributed by atoms with Crippen molar-refractivity contribution in [2.45, 2.75) is 43.4 Å². The van der Waals surface area contributed by atoms with E-state index in [1.165, 1.54) is 36.4 Å². The van der Waals surface area contributed by atoms with E-state index in [1.807, 2.05) is 18.2 Å². The third-order valence-corrected chi connectivity index (χ3v) is 8.80. The highest BCUT2D eigenvalue weighted by atomic mass is 32.2. The molecule has 1 amide bonds. The third-order valence-electron chi connectivity index (χ3n) is 6.84. The standard InChI is InChI=1S/C26H33N3O5S/c1-34-26(31)21-10-4-7-13-24(21)35(32,33)29-18-14-20(15-19-29)25(30)27-22-11-5-6-12-23(22)28-16-8-2-3-9-17-28/h4-7,10-13,20H,2-3,8-9,14-19H2,1H3,(H,27,30). The first-order valence-corrected chi connectivity index (χ1v) is 13.7. The summed E-state index contributed by atoms with van der Waals surface area (Å²) in [6, 6.07) is 13.9. The van der Waals surface area contributed by atoms with Gasteiger partial charge in [0.2, 0.25) is 15.9 Å². The van der Waals surface area contributed by atoms with Crippen molar-refractivity contribution < 1.29 is 22.7 Å². The van der Waals surface area contributed by atoms with Gasteiger partial charge in [0.25, 0.3) is 0 Å². The molecule has 2 aliphatic heterocycles. The molecule has 0 saturated carbocycles. The maximum absolute atomic E-state index is 13.3. The lowest BCUT2D eigenvalue weighted by atomic mass is 9.97. The Hall–Kier alpha value is -2.91. The lowest BCUT2D eigenvalue weighted by molar-refractivity contribution is -0.120. The highest BCUT2D eigenvalue weighted by Crippen LogP contribution is 2.31. The molecule has 2 heterocycles. The molecule has 2 aromatic rings. The number of rotatable bonds is 6. The molecule has 9 heteroatoms. The minimum atomic E-state index is -3.89. The summed E-state index contributed by atoms with van der Waals surface area (Å²) in [6.07, 6.45) is 5.59. The molecule has 4 rings (SSSR count). The number of sulfonamides is 1. The zero-order chi connectivity index (χ0) is 24.8. The van der Waals surface area contributed by atoms with Gasteiger partial charge in [0.15, 0.2) is 0 Å². The molecule has 0 unspecified atom stereocenters. The number of hydrogen-bond acceptors (Lipinski definition) is 6. The minimum Gasteiger partial charge on any atom is -0.465 e. The van der Waals surface area contributed by atoms with Crippen molar-refractivity contribution in [3.63, 3.8) is 0 Å². The number of methoxy groups -OCH3 is 1. The number of hydrogen-bond donors (Lipinski definition) is 1. The second-order valence-electron chi connectivity index (χ2n) is 9.07. The number of anilines is 2. The van der Waals surface area contributed by atoms with Gasteiger partial charge in [-0.2, -0.15) is 4.31 Å². The quantitative estimate of drug-likeness (QED) is 0.606. The van der Waals surface area contributed by atoms with Crippen LogP contribution in [0.1, 0.15) is 48.9 Å². The van der Waals surface area contributed by atoms with Crippen LogP contribution in [0.25, 0.3) is 0 Å². The van der Waals surface area contributed by atoms with Crippen LogP contribution in [0.2, 0.25) is 0 Å². The molecule has 1 N–H and O–H groups in total. The first-order chi connectivity index (χ1) is 16.9. The average molecular weight is 500 g/mol. The van der Waals surface area contributed by atoms with Crippen molar-refractivity contribution in [3.8, 4) is 0 Å². The molecule has 0 radical (unpaired) electrons. The van der Waals surface area contributed by atoms with E-state index in [1.54, 1.807) is 12.1 Å². The molecule has 2 aromatic carbocycles. The zero-order valence-electron chi connectivity index (χ0n) is 20.1. The fraction of sp³-hybridized carbons (Fsp3) is 0.462. The van der Waals surface area contributed by atoms with E-state index in [4.69, 9.17) is 4.74 Å². The normalized spacial score (nSPS) is 18.0. The first-order valence-electron chi connectivity index (χ1n) is 12.2. The molecule has 8 nitrogen and oxygen atoms in total. The van der Waals surface area contributed by atoms with Gasteiger partial charge >= 0.3 is 5.97 Å². The summed E-state index contributed by atoms with van der Waals surface area (Å²) in [5, 5.41) is 3.11.